The van der Waals surface area contributed by atoms with Gasteiger partial charge in [0.05, 0.1) is 5.56 Å². The molecule has 0 atom stereocenters. The van der Waals surface area contributed by atoms with Crippen LogP contribution in [0.2, 0.25) is 0 Å². The number of aromatic hydroxyl groups is 1. The van der Waals surface area contributed by atoms with Gasteiger partial charge in [-0.3, -0.25) is 4.79 Å². The van der Waals surface area contributed by atoms with Crippen molar-refractivity contribution in [3.05, 3.63) is 50.9 Å². The summed E-state index contributed by atoms with van der Waals surface area (Å²) in [5.41, 5.74) is 2.10. The number of rotatable bonds is 2. The summed E-state index contributed by atoms with van der Waals surface area (Å²) >= 11 is 0. The van der Waals surface area contributed by atoms with Gasteiger partial charge in [0.2, 0.25) is 0 Å². The molecule has 1 aromatic heterocycles. The molecule has 4 nitrogen and oxygen atoms in total. The van der Waals surface area contributed by atoms with E-state index in [1.807, 2.05) is 45.9 Å². The lowest BCUT2D eigenvalue weighted by Gasteiger charge is -2.30. The van der Waals surface area contributed by atoms with E-state index in [1.165, 1.54) is 6.07 Å². The first-order valence-corrected chi connectivity index (χ1v) is 8.03. The topological polar surface area (TPSA) is 59.7 Å². The molecule has 0 aliphatic carbocycles. The van der Waals surface area contributed by atoms with Crippen molar-refractivity contribution in [3.63, 3.8) is 0 Å². The number of phenolic OH excluding ortho intramolecular Hbond substituents is 1. The molecular weight excluding hydrogens is 304 g/mol. The van der Waals surface area contributed by atoms with Crippen LogP contribution in [-0.4, -0.2) is 10.7 Å². The highest BCUT2D eigenvalue weighted by atomic mass is 16.5. The summed E-state index contributed by atoms with van der Waals surface area (Å²) in [6.45, 7) is 9.61. The Labute approximate surface area is 141 Å². The Hall–Kier alpha value is -2.49. The molecule has 1 aliphatic rings. The smallest absolute Gasteiger partial charge is 0.196 e. The molecule has 2 heterocycles. The molecule has 0 fully saturated rings. The van der Waals surface area contributed by atoms with Gasteiger partial charge in [-0.1, -0.05) is 11.6 Å². The Balaban J connectivity index is 2.42. The average molecular weight is 326 g/mol. The minimum atomic E-state index is -0.489. The molecule has 1 aliphatic heterocycles. The average Bonchev–Trinajstić information content (AvgIpc) is 2.44. The van der Waals surface area contributed by atoms with Gasteiger partial charge in [-0.15, -0.1) is 0 Å². The van der Waals surface area contributed by atoms with Crippen LogP contribution in [0.4, 0.5) is 0 Å². The van der Waals surface area contributed by atoms with Gasteiger partial charge in [-0.2, -0.15) is 0 Å². The molecule has 24 heavy (non-hydrogen) atoms. The van der Waals surface area contributed by atoms with Crippen LogP contribution < -0.4 is 10.2 Å². The van der Waals surface area contributed by atoms with Gasteiger partial charge in [0.25, 0.3) is 0 Å². The van der Waals surface area contributed by atoms with E-state index in [4.69, 9.17) is 9.15 Å². The number of hydrogen-bond acceptors (Lipinski definition) is 4. The molecule has 2 aromatic rings. The molecule has 0 bridgehead atoms. The van der Waals surface area contributed by atoms with Crippen molar-refractivity contribution in [1.29, 1.82) is 0 Å². The molecule has 0 radical (unpaired) electrons. The van der Waals surface area contributed by atoms with Crippen LogP contribution in [0.25, 0.3) is 17.0 Å². The van der Waals surface area contributed by atoms with Crippen LogP contribution in [0.5, 0.6) is 11.5 Å². The standard InChI is InChI=1S/C20H22O4/c1-11(2)6-7-13-17(22)16-15(21)10-12(3)23-19(16)14-8-9-20(4,5)24-18(13)14/h6,8-10,22H,7H2,1-5H3. The SMILES string of the molecule is CC(C)=CCc1c2c(c3oc(C)cc(=O)c3c1O)C=CC(C)(C)O2. The predicted octanol–water partition coefficient (Wildman–Crippen LogP) is 4.50. The van der Waals surface area contributed by atoms with Crippen LogP contribution in [0.3, 0.4) is 0 Å². The van der Waals surface area contributed by atoms with Gasteiger partial charge >= 0.3 is 0 Å². The van der Waals surface area contributed by atoms with Gasteiger partial charge < -0.3 is 14.3 Å². The molecule has 0 saturated carbocycles. The number of allylic oxidation sites excluding steroid dienone is 2. The number of benzene rings is 1. The largest absolute Gasteiger partial charge is 0.507 e. The molecule has 0 unspecified atom stereocenters. The van der Waals surface area contributed by atoms with E-state index in [2.05, 4.69) is 0 Å². The molecular formula is C20H22O4. The van der Waals surface area contributed by atoms with Crippen LogP contribution in [-0.2, 0) is 6.42 Å². The first-order valence-electron chi connectivity index (χ1n) is 8.03. The third-order valence-corrected chi connectivity index (χ3v) is 4.09. The lowest BCUT2D eigenvalue weighted by molar-refractivity contribution is 0.157. The highest BCUT2D eigenvalue weighted by Gasteiger charge is 2.29. The number of phenols is 1. The Morgan fingerprint density at radius 2 is 2.04 bits per heavy atom. The highest BCUT2D eigenvalue weighted by Crippen LogP contribution is 2.44. The van der Waals surface area contributed by atoms with Crippen molar-refractivity contribution >= 4 is 17.0 Å². The van der Waals surface area contributed by atoms with E-state index < -0.39 is 5.60 Å². The van der Waals surface area contributed by atoms with E-state index in [9.17, 15) is 9.90 Å². The first-order chi connectivity index (χ1) is 11.2. The molecule has 0 saturated heterocycles. The van der Waals surface area contributed by atoms with Crippen molar-refractivity contribution in [3.8, 4) is 11.5 Å². The van der Waals surface area contributed by atoms with Crippen molar-refractivity contribution in [2.75, 3.05) is 0 Å². The van der Waals surface area contributed by atoms with Crippen LogP contribution in [0.15, 0.2) is 33.0 Å². The number of fused-ring (bicyclic) bond motifs is 3. The van der Waals surface area contributed by atoms with E-state index in [0.717, 1.165) is 5.57 Å². The summed E-state index contributed by atoms with van der Waals surface area (Å²) in [4.78, 5) is 12.4. The second kappa shape index (κ2) is 5.55. The Morgan fingerprint density at radius 1 is 1.33 bits per heavy atom. The fraction of sp³-hybridized carbons (Fsp3) is 0.350. The molecule has 126 valence electrons. The Bertz CT molecular complexity index is 938. The molecule has 3 rings (SSSR count). The number of aryl methyl sites for hydroxylation is 1. The van der Waals surface area contributed by atoms with E-state index >= 15 is 0 Å². The normalized spacial score (nSPS) is 15.0. The van der Waals surface area contributed by atoms with Crippen molar-refractivity contribution in [2.45, 2.75) is 46.6 Å². The molecule has 0 spiro atoms. The number of hydrogen-bond donors (Lipinski definition) is 1. The zero-order valence-electron chi connectivity index (χ0n) is 14.7. The van der Waals surface area contributed by atoms with Crippen molar-refractivity contribution in [1.82, 2.24) is 0 Å². The summed E-state index contributed by atoms with van der Waals surface area (Å²) in [5, 5.41) is 11.0. The third kappa shape index (κ3) is 2.73. The third-order valence-electron chi connectivity index (χ3n) is 4.09. The minimum absolute atomic E-state index is 0.0545. The lowest BCUT2D eigenvalue weighted by Crippen LogP contribution is -2.28. The molecule has 1 aromatic carbocycles. The van der Waals surface area contributed by atoms with Crippen LogP contribution in [0, 0.1) is 6.92 Å². The fourth-order valence-electron chi connectivity index (χ4n) is 2.89. The highest BCUT2D eigenvalue weighted by molar-refractivity contribution is 5.95. The molecule has 4 heteroatoms. The van der Waals surface area contributed by atoms with Gasteiger partial charge in [-0.05, 0) is 53.2 Å². The van der Waals surface area contributed by atoms with Gasteiger partial charge in [0.15, 0.2) is 11.0 Å². The quantitative estimate of drug-likeness (QED) is 0.826. The lowest BCUT2D eigenvalue weighted by atomic mass is 9.94. The number of ether oxygens (including phenoxy) is 1. The van der Waals surface area contributed by atoms with E-state index in [-0.39, 0.29) is 16.6 Å². The molecule has 1 N–H and O–H groups in total. The summed E-state index contributed by atoms with van der Waals surface area (Å²) in [7, 11) is 0. The Kier molecular flexibility index (Phi) is 3.78. The maximum absolute atomic E-state index is 12.4. The maximum Gasteiger partial charge on any atom is 0.196 e. The van der Waals surface area contributed by atoms with Crippen LogP contribution in [0.1, 0.15) is 44.6 Å². The monoisotopic (exact) mass is 326 g/mol. The van der Waals surface area contributed by atoms with Gasteiger partial charge in [0.1, 0.15) is 28.2 Å². The van der Waals surface area contributed by atoms with E-state index in [0.29, 0.717) is 34.6 Å². The minimum Gasteiger partial charge on any atom is -0.507 e. The summed E-state index contributed by atoms with van der Waals surface area (Å²) < 4.78 is 11.9. The fourth-order valence-corrected chi connectivity index (χ4v) is 2.89. The summed E-state index contributed by atoms with van der Waals surface area (Å²) in [6.07, 6.45) is 6.34. The maximum atomic E-state index is 12.4. The van der Waals surface area contributed by atoms with Crippen LogP contribution >= 0.6 is 0 Å². The summed E-state index contributed by atoms with van der Waals surface area (Å²) in [5.74, 6) is 1.03. The van der Waals surface area contributed by atoms with Crippen molar-refractivity contribution < 1.29 is 14.3 Å². The summed E-state index contributed by atoms with van der Waals surface area (Å²) in [6, 6.07) is 1.40. The van der Waals surface area contributed by atoms with Gasteiger partial charge in [-0.25, -0.2) is 0 Å². The second-order valence-electron chi connectivity index (χ2n) is 7.02. The predicted molar refractivity (Wildman–Crippen MR) is 95.8 cm³/mol. The first kappa shape index (κ1) is 16.4. The van der Waals surface area contributed by atoms with E-state index in [1.54, 1.807) is 6.92 Å². The Morgan fingerprint density at radius 3 is 2.71 bits per heavy atom. The zero-order valence-corrected chi connectivity index (χ0v) is 14.7. The van der Waals surface area contributed by atoms with Gasteiger partial charge in [0, 0.05) is 11.6 Å². The molecule has 0 amide bonds. The second-order valence-corrected chi connectivity index (χ2v) is 7.02. The van der Waals surface area contributed by atoms with Crippen molar-refractivity contribution in [2.24, 2.45) is 0 Å². The zero-order chi connectivity index (χ0) is 17.6.